The third-order valence-corrected chi connectivity index (χ3v) is 6.97. The van der Waals surface area contributed by atoms with Crippen molar-refractivity contribution in [1.29, 1.82) is 0 Å². The lowest BCUT2D eigenvalue weighted by atomic mass is 10.1. The number of benzene rings is 2. The molecular weight excluding hydrogens is 482 g/mol. The van der Waals surface area contributed by atoms with Gasteiger partial charge >= 0.3 is 0 Å². The summed E-state index contributed by atoms with van der Waals surface area (Å²) in [6, 6.07) is 14.7. The molecule has 0 saturated carbocycles. The highest BCUT2D eigenvalue weighted by Crippen LogP contribution is 2.33. The van der Waals surface area contributed by atoms with E-state index in [1.807, 2.05) is 30.3 Å². The van der Waals surface area contributed by atoms with E-state index in [0.717, 1.165) is 5.56 Å². The molecule has 0 radical (unpaired) electrons. The van der Waals surface area contributed by atoms with Gasteiger partial charge in [0, 0.05) is 10.6 Å². The molecule has 2 heterocycles. The number of aromatic nitrogens is 1. The smallest absolute Gasteiger partial charge is 0.265 e. The molecular formula is C23H22ClN3O6S. The van der Waals surface area contributed by atoms with Crippen molar-refractivity contribution in [3.05, 3.63) is 76.9 Å². The Morgan fingerprint density at radius 1 is 1.26 bits per heavy atom. The second kappa shape index (κ2) is 9.88. The van der Waals surface area contributed by atoms with Gasteiger partial charge in [-0.05, 0) is 29.8 Å². The van der Waals surface area contributed by atoms with Crippen molar-refractivity contribution in [2.24, 2.45) is 0 Å². The van der Waals surface area contributed by atoms with Crippen molar-refractivity contribution in [2.75, 3.05) is 25.0 Å². The summed E-state index contributed by atoms with van der Waals surface area (Å²) < 4.78 is 39.5. The first kappa shape index (κ1) is 23.8. The van der Waals surface area contributed by atoms with Gasteiger partial charge in [-0.25, -0.2) is 13.4 Å². The van der Waals surface area contributed by atoms with E-state index in [1.165, 1.54) is 36.4 Å². The number of ether oxygens (including phenoxy) is 2. The van der Waals surface area contributed by atoms with Gasteiger partial charge < -0.3 is 19.5 Å². The van der Waals surface area contributed by atoms with Gasteiger partial charge in [-0.1, -0.05) is 41.9 Å². The predicted molar refractivity (Wildman–Crippen MR) is 125 cm³/mol. The van der Waals surface area contributed by atoms with Crippen molar-refractivity contribution in [1.82, 2.24) is 9.88 Å². The van der Waals surface area contributed by atoms with Crippen LogP contribution in [0.15, 0.2) is 65.7 Å². The fourth-order valence-electron chi connectivity index (χ4n) is 3.71. The number of hydrogen-bond donors (Lipinski definition) is 2. The van der Waals surface area contributed by atoms with Crippen molar-refractivity contribution in [3.63, 3.8) is 0 Å². The molecule has 1 aliphatic rings. The van der Waals surface area contributed by atoms with Crippen molar-refractivity contribution >= 4 is 33.2 Å². The maximum atomic E-state index is 13.0. The topological polar surface area (TPSA) is 118 Å². The van der Waals surface area contributed by atoms with Crippen molar-refractivity contribution in [2.45, 2.75) is 17.5 Å². The Kier molecular flexibility index (Phi) is 6.92. The fourth-order valence-corrected chi connectivity index (χ4v) is 5.18. The molecule has 178 valence electrons. The highest BCUT2D eigenvalue weighted by Gasteiger charge is 2.30. The lowest BCUT2D eigenvalue weighted by molar-refractivity contribution is -0.137. The maximum absolute atomic E-state index is 13.0. The van der Waals surface area contributed by atoms with Crippen LogP contribution in [0.25, 0.3) is 0 Å². The third-order valence-electron chi connectivity index (χ3n) is 5.33. The predicted octanol–water partition coefficient (Wildman–Crippen LogP) is 3.00. The van der Waals surface area contributed by atoms with Crippen LogP contribution in [0, 0.1) is 0 Å². The Bertz CT molecular complexity index is 1300. The first-order chi connectivity index (χ1) is 16.3. The van der Waals surface area contributed by atoms with Gasteiger partial charge in [-0.3, -0.25) is 9.52 Å². The Hall–Kier alpha value is -3.34. The summed E-state index contributed by atoms with van der Waals surface area (Å²) in [7, 11) is -2.70. The lowest BCUT2D eigenvalue weighted by Crippen LogP contribution is -2.37. The Balaban J connectivity index is 1.66. The number of amides is 1. The molecule has 1 aromatic heterocycles. The maximum Gasteiger partial charge on any atom is 0.265 e. The molecule has 1 amide bonds. The minimum Gasteiger partial charge on any atom is -0.495 e. The minimum atomic E-state index is -4.06. The van der Waals surface area contributed by atoms with Crippen LogP contribution < -0.4 is 14.2 Å². The average Bonchev–Trinajstić information content (AvgIpc) is 3.03. The summed E-state index contributed by atoms with van der Waals surface area (Å²) >= 11 is 5.98. The van der Waals surface area contributed by atoms with Crippen LogP contribution in [0.3, 0.4) is 0 Å². The zero-order valence-corrected chi connectivity index (χ0v) is 19.7. The molecule has 1 atom stereocenters. The molecule has 2 N–H and O–H groups in total. The molecule has 0 spiro atoms. The standard InChI is InChI=1S/C23H22ClN3O6S/c1-32-20-8-7-17(24)10-21(20)34(30,31)26-18-9-16-12-27(22(29)13-28)19(14-33-23(16)25-11-18)15-5-3-2-4-6-15/h2-11,19,26,28H,12-14H2,1H3/t19-/m0/s1. The van der Waals surface area contributed by atoms with Crippen molar-refractivity contribution in [3.8, 4) is 11.6 Å². The number of rotatable bonds is 6. The zero-order chi connectivity index (χ0) is 24.3. The van der Waals surface area contributed by atoms with Crippen LogP contribution in [0.4, 0.5) is 5.69 Å². The van der Waals surface area contributed by atoms with E-state index in [9.17, 15) is 18.3 Å². The molecule has 4 rings (SSSR count). The monoisotopic (exact) mass is 503 g/mol. The van der Waals surface area contributed by atoms with Gasteiger partial charge in [0.2, 0.25) is 11.8 Å². The summed E-state index contributed by atoms with van der Waals surface area (Å²) in [6.07, 6.45) is 1.33. The van der Waals surface area contributed by atoms with Crippen LogP contribution in [-0.4, -0.2) is 49.6 Å². The molecule has 3 aromatic rings. The van der Waals surface area contributed by atoms with Gasteiger partial charge in [0.25, 0.3) is 10.0 Å². The summed E-state index contributed by atoms with van der Waals surface area (Å²) in [5.74, 6) is -0.0780. The number of hydrogen-bond acceptors (Lipinski definition) is 7. The number of pyridine rings is 1. The molecule has 0 unspecified atom stereocenters. The summed E-state index contributed by atoms with van der Waals surface area (Å²) in [5, 5.41) is 9.77. The van der Waals surface area contributed by atoms with E-state index in [2.05, 4.69) is 9.71 Å². The fraction of sp³-hybridized carbons (Fsp3) is 0.217. The van der Waals surface area contributed by atoms with Crippen LogP contribution in [0.1, 0.15) is 17.2 Å². The number of carbonyl (C=O) groups excluding carboxylic acids is 1. The summed E-state index contributed by atoms with van der Waals surface area (Å²) in [5.41, 5.74) is 1.49. The highest BCUT2D eigenvalue weighted by molar-refractivity contribution is 7.92. The molecule has 34 heavy (non-hydrogen) atoms. The van der Waals surface area contributed by atoms with Crippen LogP contribution in [0.5, 0.6) is 11.6 Å². The molecule has 0 fully saturated rings. The average molecular weight is 504 g/mol. The van der Waals surface area contributed by atoms with E-state index in [-0.39, 0.29) is 40.4 Å². The van der Waals surface area contributed by atoms with Gasteiger partial charge in [0.1, 0.15) is 23.9 Å². The molecule has 0 aliphatic carbocycles. The number of fused-ring (bicyclic) bond motifs is 1. The number of anilines is 1. The van der Waals surface area contributed by atoms with Gasteiger partial charge in [0.05, 0.1) is 31.6 Å². The first-order valence-corrected chi connectivity index (χ1v) is 12.1. The van der Waals surface area contributed by atoms with Gasteiger partial charge in [-0.2, -0.15) is 0 Å². The lowest BCUT2D eigenvalue weighted by Gasteiger charge is -2.29. The largest absolute Gasteiger partial charge is 0.495 e. The van der Waals surface area contributed by atoms with E-state index < -0.39 is 28.6 Å². The van der Waals surface area contributed by atoms with Crippen molar-refractivity contribution < 1.29 is 27.8 Å². The Labute approximate surface area is 202 Å². The second-order valence-corrected chi connectivity index (χ2v) is 9.59. The Morgan fingerprint density at radius 3 is 2.74 bits per heavy atom. The first-order valence-electron chi connectivity index (χ1n) is 10.3. The number of nitrogens with one attached hydrogen (secondary N) is 1. The minimum absolute atomic E-state index is 0.0668. The van der Waals surface area contributed by atoms with E-state index in [0.29, 0.717) is 5.56 Å². The van der Waals surface area contributed by atoms with Crippen LogP contribution >= 0.6 is 11.6 Å². The molecule has 2 aromatic carbocycles. The van der Waals surface area contributed by atoms with Gasteiger partial charge in [-0.15, -0.1) is 0 Å². The number of methoxy groups -OCH3 is 1. The van der Waals surface area contributed by atoms with Crippen LogP contribution in [-0.2, 0) is 21.4 Å². The number of nitrogens with zero attached hydrogens (tertiary/aromatic N) is 2. The summed E-state index contributed by atoms with van der Waals surface area (Å²) in [6.45, 7) is -0.481. The van der Waals surface area contributed by atoms with E-state index >= 15 is 0 Å². The molecule has 11 heteroatoms. The van der Waals surface area contributed by atoms with E-state index in [4.69, 9.17) is 21.1 Å². The molecule has 0 saturated heterocycles. The number of halogens is 1. The van der Waals surface area contributed by atoms with Gasteiger partial charge in [0.15, 0.2) is 0 Å². The SMILES string of the molecule is COc1ccc(Cl)cc1S(=O)(=O)Nc1cnc2c(c1)CN(C(=O)CO)[C@H](c1ccccc1)CO2. The quantitative estimate of drug-likeness (QED) is 0.531. The Morgan fingerprint density at radius 2 is 2.03 bits per heavy atom. The normalized spacial score (nSPS) is 15.6. The number of carbonyl (C=O) groups is 1. The number of sulfonamides is 1. The summed E-state index contributed by atoms with van der Waals surface area (Å²) in [4.78, 5) is 18.2. The zero-order valence-electron chi connectivity index (χ0n) is 18.1. The third kappa shape index (κ3) is 4.93. The molecule has 9 nitrogen and oxygen atoms in total. The molecule has 1 aliphatic heterocycles. The molecule has 0 bridgehead atoms. The highest BCUT2D eigenvalue weighted by atomic mass is 35.5. The van der Waals surface area contributed by atoms with Crippen LogP contribution in [0.2, 0.25) is 5.02 Å². The number of aliphatic hydroxyl groups excluding tert-OH is 1. The number of aliphatic hydroxyl groups is 1. The second-order valence-electron chi connectivity index (χ2n) is 7.51. The van der Waals surface area contributed by atoms with E-state index in [1.54, 1.807) is 6.07 Å².